The van der Waals surface area contributed by atoms with E-state index in [0.29, 0.717) is 44.4 Å². The maximum absolute atomic E-state index is 12.5. The molecule has 2 amide bonds. The Hall–Kier alpha value is -3.36. The summed E-state index contributed by atoms with van der Waals surface area (Å²) in [6, 6.07) is 7.45. The van der Waals surface area contributed by atoms with Gasteiger partial charge in [0.05, 0.1) is 12.7 Å². The number of nitrogens with two attached hydrogens (primary N) is 1. The Balaban J connectivity index is 1.64. The van der Waals surface area contributed by atoms with Gasteiger partial charge in [0, 0.05) is 51.4 Å². The molecule has 2 heterocycles. The Morgan fingerprint density at radius 3 is 2.57 bits per heavy atom. The van der Waals surface area contributed by atoms with Crippen LogP contribution in [0.1, 0.15) is 22.8 Å². The topological polar surface area (TPSA) is 114 Å². The number of benzene rings is 1. The van der Waals surface area contributed by atoms with E-state index in [0.717, 1.165) is 5.56 Å². The molecule has 1 aromatic carbocycles. The van der Waals surface area contributed by atoms with Crippen molar-refractivity contribution in [3.8, 4) is 5.75 Å². The Labute approximate surface area is 163 Å². The minimum atomic E-state index is -0.351. The number of carbonyl (C=O) groups is 2. The summed E-state index contributed by atoms with van der Waals surface area (Å²) in [7, 11) is 1.58. The van der Waals surface area contributed by atoms with Crippen molar-refractivity contribution < 1.29 is 14.3 Å². The first-order valence-corrected chi connectivity index (χ1v) is 9.02. The normalized spacial score (nSPS) is 13.9. The molecule has 0 spiro atoms. The standard InChI is InChI=1S/C19H24N6O3/c1-13(26)24-7-9-25(10-8-24)19-22-12-15(17(20)23-19)18(27)21-11-14-5-3-4-6-16(14)28-2/h3-6,12H,7-11H2,1-2H3,(H,21,27)(H2,20,22,23). The highest BCUT2D eigenvalue weighted by atomic mass is 16.5. The van der Waals surface area contributed by atoms with Crippen molar-refractivity contribution in [2.45, 2.75) is 13.5 Å². The van der Waals surface area contributed by atoms with Gasteiger partial charge in [-0.1, -0.05) is 18.2 Å². The van der Waals surface area contributed by atoms with Crippen molar-refractivity contribution in [3.63, 3.8) is 0 Å². The molecule has 9 nitrogen and oxygen atoms in total. The van der Waals surface area contributed by atoms with Gasteiger partial charge in [-0.15, -0.1) is 0 Å². The van der Waals surface area contributed by atoms with Crippen molar-refractivity contribution in [1.29, 1.82) is 0 Å². The number of nitrogens with zero attached hydrogens (tertiary/aromatic N) is 4. The van der Waals surface area contributed by atoms with E-state index in [2.05, 4.69) is 15.3 Å². The lowest BCUT2D eigenvalue weighted by atomic mass is 10.2. The third-order valence-electron chi connectivity index (χ3n) is 4.69. The summed E-state index contributed by atoms with van der Waals surface area (Å²) >= 11 is 0. The third-order valence-corrected chi connectivity index (χ3v) is 4.69. The molecule has 0 bridgehead atoms. The third kappa shape index (κ3) is 4.30. The second kappa shape index (κ2) is 8.55. The Bertz CT molecular complexity index is 864. The molecule has 9 heteroatoms. The van der Waals surface area contributed by atoms with Crippen LogP contribution in [0.5, 0.6) is 5.75 Å². The number of nitrogen functional groups attached to an aromatic ring is 1. The van der Waals surface area contributed by atoms with E-state index in [4.69, 9.17) is 10.5 Å². The highest BCUT2D eigenvalue weighted by Crippen LogP contribution is 2.18. The molecule has 0 saturated carbocycles. The lowest BCUT2D eigenvalue weighted by molar-refractivity contribution is -0.129. The summed E-state index contributed by atoms with van der Waals surface area (Å²) in [5.41, 5.74) is 7.08. The number of para-hydroxylation sites is 1. The summed E-state index contributed by atoms with van der Waals surface area (Å²) in [6.45, 7) is 4.33. The molecule has 1 aromatic heterocycles. The van der Waals surface area contributed by atoms with Gasteiger partial charge < -0.3 is 25.6 Å². The molecule has 3 rings (SSSR count). The van der Waals surface area contributed by atoms with Crippen molar-refractivity contribution in [1.82, 2.24) is 20.2 Å². The number of methoxy groups -OCH3 is 1. The average Bonchev–Trinajstić information content (AvgIpc) is 2.72. The molecule has 0 radical (unpaired) electrons. The largest absolute Gasteiger partial charge is 0.496 e. The number of hydrogen-bond donors (Lipinski definition) is 2. The minimum absolute atomic E-state index is 0.0575. The molecule has 0 atom stereocenters. The summed E-state index contributed by atoms with van der Waals surface area (Å²) in [5.74, 6) is 0.990. The SMILES string of the molecule is COc1ccccc1CNC(=O)c1cnc(N2CCN(C(C)=O)CC2)nc1N. The van der Waals surface area contributed by atoms with E-state index in [1.54, 1.807) is 18.9 Å². The molecular weight excluding hydrogens is 360 g/mol. The molecule has 3 N–H and O–H groups in total. The van der Waals surface area contributed by atoms with Crippen LogP contribution in [0.3, 0.4) is 0 Å². The van der Waals surface area contributed by atoms with Crippen molar-refractivity contribution in [2.75, 3.05) is 43.9 Å². The zero-order chi connectivity index (χ0) is 20.1. The van der Waals surface area contributed by atoms with Gasteiger partial charge in [0.1, 0.15) is 11.6 Å². The van der Waals surface area contributed by atoms with Gasteiger partial charge in [0.25, 0.3) is 5.91 Å². The molecule has 148 valence electrons. The van der Waals surface area contributed by atoms with Crippen molar-refractivity contribution >= 4 is 23.6 Å². The van der Waals surface area contributed by atoms with Crippen LogP contribution in [0, 0.1) is 0 Å². The molecule has 28 heavy (non-hydrogen) atoms. The van der Waals surface area contributed by atoms with Crippen molar-refractivity contribution in [3.05, 3.63) is 41.6 Å². The second-order valence-electron chi connectivity index (χ2n) is 6.46. The fourth-order valence-electron chi connectivity index (χ4n) is 3.05. The number of anilines is 2. The van der Waals surface area contributed by atoms with Crippen LogP contribution < -0.4 is 20.7 Å². The van der Waals surface area contributed by atoms with E-state index >= 15 is 0 Å². The molecule has 1 aliphatic heterocycles. The van der Waals surface area contributed by atoms with Gasteiger partial charge in [0.15, 0.2) is 0 Å². The number of amides is 2. The Morgan fingerprint density at radius 2 is 1.93 bits per heavy atom. The van der Waals surface area contributed by atoms with Crippen LogP contribution in [0.4, 0.5) is 11.8 Å². The first kappa shape index (κ1) is 19.4. The monoisotopic (exact) mass is 384 g/mol. The lowest BCUT2D eigenvalue weighted by Gasteiger charge is -2.34. The molecule has 0 aliphatic carbocycles. The van der Waals surface area contributed by atoms with Crippen LogP contribution >= 0.6 is 0 Å². The predicted molar refractivity (Wildman–Crippen MR) is 105 cm³/mol. The van der Waals surface area contributed by atoms with E-state index in [9.17, 15) is 9.59 Å². The first-order chi connectivity index (χ1) is 13.5. The van der Waals surface area contributed by atoms with E-state index < -0.39 is 0 Å². The maximum atomic E-state index is 12.5. The second-order valence-corrected chi connectivity index (χ2v) is 6.46. The minimum Gasteiger partial charge on any atom is -0.496 e. The summed E-state index contributed by atoms with van der Waals surface area (Å²) < 4.78 is 5.28. The molecule has 0 unspecified atom stereocenters. The Kier molecular flexibility index (Phi) is 5.93. The van der Waals surface area contributed by atoms with Crippen LogP contribution in [0.2, 0.25) is 0 Å². The highest BCUT2D eigenvalue weighted by molar-refractivity contribution is 5.98. The fourth-order valence-corrected chi connectivity index (χ4v) is 3.05. The van der Waals surface area contributed by atoms with Crippen LogP contribution in [-0.2, 0) is 11.3 Å². The van der Waals surface area contributed by atoms with E-state index in [1.165, 1.54) is 6.20 Å². The van der Waals surface area contributed by atoms with E-state index in [-0.39, 0.29) is 23.2 Å². The van der Waals surface area contributed by atoms with Gasteiger partial charge in [-0.3, -0.25) is 9.59 Å². The average molecular weight is 384 g/mol. The molecule has 1 fully saturated rings. The molecule has 1 saturated heterocycles. The zero-order valence-corrected chi connectivity index (χ0v) is 16.0. The van der Waals surface area contributed by atoms with Crippen LogP contribution in [0.15, 0.2) is 30.5 Å². The summed E-state index contributed by atoms with van der Waals surface area (Å²) in [5, 5.41) is 2.81. The number of carbonyl (C=O) groups excluding carboxylic acids is 2. The maximum Gasteiger partial charge on any atom is 0.256 e. The van der Waals surface area contributed by atoms with Crippen LogP contribution in [-0.4, -0.2) is 60.0 Å². The molecule has 1 aliphatic rings. The number of aromatic nitrogens is 2. The van der Waals surface area contributed by atoms with Gasteiger partial charge in [-0.2, -0.15) is 4.98 Å². The van der Waals surface area contributed by atoms with Gasteiger partial charge in [-0.05, 0) is 6.07 Å². The van der Waals surface area contributed by atoms with Gasteiger partial charge in [0.2, 0.25) is 11.9 Å². The smallest absolute Gasteiger partial charge is 0.256 e. The number of hydrogen-bond acceptors (Lipinski definition) is 7. The lowest BCUT2D eigenvalue weighted by Crippen LogP contribution is -2.48. The number of piperazine rings is 1. The van der Waals surface area contributed by atoms with Gasteiger partial charge >= 0.3 is 0 Å². The molecular formula is C19H24N6O3. The summed E-state index contributed by atoms with van der Waals surface area (Å²) in [4.78, 5) is 36.2. The number of nitrogens with one attached hydrogen (secondary N) is 1. The predicted octanol–water partition coefficient (Wildman–Crippen LogP) is 0.666. The molecule has 2 aromatic rings. The van der Waals surface area contributed by atoms with E-state index in [1.807, 2.05) is 29.2 Å². The first-order valence-electron chi connectivity index (χ1n) is 9.02. The highest BCUT2D eigenvalue weighted by Gasteiger charge is 2.22. The quantitative estimate of drug-likeness (QED) is 0.779. The number of rotatable bonds is 5. The Morgan fingerprint density at radius 1 is 1.21 bits per heavy atom. The zero-order valence-electron chi connectivity index (χ0n) is 16.0. The van der Waals surface area contributed by atoms with Gasteiger partial charge in [-0.25, -0.2) is 4.98 Å². The van der Waals surface area contributed by atoms with Crippen molar-refractivity contribution in [2.24, 2.45) is 0 Å². The number of ether oxygens (including phenoxy) is 1. The fraction of sp³-hybridized carbons (Fsp3) is 0.368. The van der Waals surface area contributed by atoms with Crippen LogP contribution in [0.25, 0.3) is 0 Å². The summed E-state index contributed by atoms with van der Waals surface area (Å²) in [6.07, 6.45) is 1.44.